The van der Waals surface area contributed by atoms with Gasteiger partial charge in [0.05, 0.1) is 0 Å². The van der Waals surface area contributed by atoms with E-state index in [1.165, 1.54) is 96.3 Å². The monoisotopic (exact) mass is 847 g/mol. The number of allylic oxidation sites excluding steroid dienone is 1. The molecule has 0 N–H and O–H groups in total. The molecule has 390 valence electrons. The number of unbranched alkanes of at least 4 members (excludes halogenated alkanes) is 6. The summed E-state index contributed by atoms with van der Waals surface area (Å²) in [6, 6.07) is 0. The molecule has 0 radical (unpaired) electrons. The Morgan fingerprint density at radius 3 is 0.368 bits per heavy atom. The van der Waals surface area contributed by atoms with E-state index < -0.39 is 0 Å². The van der Waals surface area contributed by atoms with Gasteiger partial charge in [0.15, 0.2) is 0 Å². The molecule has 0 aliphatic rings. The van der Waals surface area contributed by atoms with Gasteiger partial charge in [-0.05, 0) is 24.7 Å². The highest BCUT2D eigenvalue weighted by Crippen LogP contribution is 2.16. The van der Waals surface area contributed by atoms with Gasteiger partial charge in [-0.2, -0.15) is 0 Å². The fraction of sp³-hybridized carbons (Fsp3) is 0.965. The second kappa shape index (κ2) is 273. The van der Waals surface area contributed by atoms with Crippen LogP contribution in [-0.4, -0.2) is 0 Å². The molecule has 0 bridgehead atoms. The molecule has 0 amide bonds. The topological polar surface area (TPSA) is 0 Å². The summed E-state index contributed by atoms with van der Waals surface area (Å²) in [5, 5.41) is 0. The van der Waals surface area contributed by atoms with E-state index in [2.05, 4.69) is 138 Å². The fourth-order valence-corrected chi connectivity index (χ4v) is 0.805. The lowest BCUT2D eigenvalue weighted by Gasteiger charge is -2.14. The molecule has 0 rings (SSSR count). The van der Waals surface area contributed by atoms with Gasteiger partial charge >= 0.3 is 0 Å². The molecule has 0 aliphatic carbocycles. The normalized spacial score (nSPS) is 6.86. The van der Waals surface area contributed by atoms with Crippen molar-refractivity contribution in [2.45, 2.75) is 360 Å². The Morgan fingerprint density at radius 1 is 0.281 bits per heavy atom. The Hall–Kier alpha value is -0.260. The standard InChI is InChI=1S/C8H18.C5H12.6C4H10.C3H6.C2H6.15CH4/c1-5-7(3)8(4)6-2;1-4-5(2)3;6*1-3-4-2;1-3-2;1-2;;;;;;;;;;;;;;;/h7-8H,5-6H2,1-4H3;5H,4H2,1-3H3;6*3-4H2,1-2H3;3H,1H2,2H3;1-2H3;15*1H4. The van der Waals surface area contributed by atoms with Crippen molar-refractivity contribution < 1.29 is 0 Å². The van der Waals surface area contributed by atoms with Crippen LogP contribution in [0.2, 0.25) is 0 Å². The summed E-state index contributed by atoms with van der Waals surface area (Å²) in [5.74, 6) is 2.72. The van der Waals surface area contributed by atoms with Crippen molar-refractivity contribution in [2.75, 3.05) is 0 Å². The molecule has 2 unspecified atom stereocenters. The maximum absolute atomic E-state index is 3.36. The van der Waals surface area contributed by atoms with Crippen molar-refractivity contribution in [1.29, 1.82) is 0 Å². The Bertz CT molecular complexity index is 202. The molecule has 0 aromatic rings. The second-order valence-corrected chi connectivity index (χ2v) is 11.0. The summed E-state index contributed by atoms with van der Waals surface area (Å²) in [6.07, 6.45) is 21.5. The molecule has 0 aromatic heterocycles. The second-order valence-electron chi connectivity index (χ2n) is 11.0. The number of hydrogen-bond donors (Lipinski definition) is 0. The third-order valence-electron chi connectivity index (χ3n) is 6.08. The van der Waals surface area contributed by atoms with Crippen LogP contribution in [0.1, 0.15) is 360 Å². The van der Waals surface area contributed by atoms with Crippen LogP contribution in [0.25, 0.3) is 0 Å². The zero-order valence-electron chi connectivity index (χ0n) is 35.6. The minimum absolute atomic E-state index is 0. The molecule has 57 heavy (non-hydrogen) atoms. The van der Waals surface area contributed by atoms with E-state index in [1.807, 2.05) is 20.8 Å². The first-order valence-electron chi connectivity index (χ1n) is 19.5. The van der Waals surface area contributed by atoms with Crippen molar-refractivity contribution >= 4 is 0 Å². The van der Waals surface area contributed by atoms with Crippen LogP contribution in [0.4, 0.5) is 0 Å². The van der Waals surface area contributed by atoms with Gasteiger partial charge in [0.25, 0.3) is 0 Å². The van der Waals surface area contributed by atoms with Crippen LogP contribution in [-0.2, 0) is 0 Å². The minimum Gasteiger partial charge on any atom is -0.103 e. The summed E-state index contributed by atoms with van der Waals surface area (Å²) in [7, 11) is 0. The molecule has 0 aromatic carbocycles. The van der Waals surface area contributed by atoms with Crippen molar-refractivity contribution in [3.8, 4) is 0 Å². The Balaban J connectivity index is -0.00000000855. The number of rotatable bonds is 10. The van der Waals surface area contributed by atoms with E-state index in [1.54, 1.807) is 6.08 Å². The smallest absolute Gasteiger partial charge is 0.0420 e. The van der Waals surface area contributed by atoms with Gasteiger partial charge < -0.3 is 0 Å². The van der Waals surface area contributed by atoms with E-state index in [0.717, 1.165) is 17.8 Å². The Kier molecular flexibility index (Phi) is 838. The predicted molar refractivity (Wildman–Crippen MR) is 316 cm³/mol. The first-order chi connectivity index (χ1) is 19.9. The highest BCUT2D eigenvalue weighted by molar-refractivity contribution is 4.56. The van der Waals surface area contributed by atoms with Crippen LogP contribution < -0.4 is 0 Å². The van der Waals surface area contributed by atoms with Crippen LogP contribution >= 0.6 is 0 Å². The molecule has 0 fully saturated rings. The van der Waals surface area contributed by atoms with Crippen molar-refractivity contribution in [1.82, 2.24) is 0 Å². The highest BCUT2D eigenvalue weighted by atomic mass is 14.1. The van der Waals surface area contributed by atoms with E-state index in [0.29, 0.717) is 0 Å². The van der Waals surface area contributed by atoms with E-state index in [4.69, 9.17) is 0 Å². The highest BCUT2D eigenvalue weighted by Gasteiger charge is 2.05. The summed E-state index contributed by atoms with van der Waals surface area (Å²) in [5.41, 5.74) is 0. The van der Waals surface area contributed by atoms with Gasteiger partial charge in [-0.25, -0.2) is 0 Å². The van der Waals surface area contributed by atoms with E-state index in [-0.39, 0.29) is 111 Å². The molecular weight excluding hydrogens is 685 g/mol. The van der Waals surface area contributed by atoms with Gasteiger partial charge in [0.1, 0.15) is 0 Å². The third-order valence-corrected chi connectivity index (χ3v) is 6.08. The maximum atomic E-state index is 3.36. The van der Waals surface area contributed by atoms with Gasteiger partial charge in [0, 0.05) is 0 Å². The Morgan fingerprint density at radius 2 is 0.351 bits per heavy atom. The summed E-state index contributed by atoms with van der Waals surface area (Å²) in [6.45, 7) is 51.2. The van der Waals surface area contributed by atoms with Crippen molar-refractivity contribution in [3.05, 3.63) is 12.7 Å². The molecular formula is C57H162. The first-order valence-corrected chi connectivity index (χ1v) is 19.5. The summed E-state index contributed by atoms with van der Waals surface area (Å²) >= 11 is 0. The lowest BCUT2D eigenvalue weighted by molar-refractivity contribution is 0.367. The SMILES string of the molecule is C.C.C.C.C.C.C.C.C.C.C.C.C.C.C.C=CC.CC.CCC(C)C.CCC(C)C(C)CC.CCCC.CCCC.CCCC.CCCC.CCCC.CCCC. The third kappa shape index (κ3) is 650. The van der Waals surface area contributed by atoms with Gasteiger partial charge in [0.2, 0.25) is 0 Å². The number of hydrogen-bond acceptors (Lipinski definition) is 0. The molecule has 0 heteroatoms. The van der Waals surface area contributed by atoms with Crippen LogP contribution in [0.5, 0.6) is 0 Å². The summed E-state index contributed by atoms with van der Waals surface area (Å²) in [4.78, 5) is 0. The largest absolute Gasteiger partial charge is 0.103 e. The minimum atomic E-state index is 0. The molecule has 0 saturated carbocycles. The molecule has 0 saturated heterocycles. The zero-order valence-corrected chi connectivity index (χ0v) is 35.6. The van der Waals surface area contributed by atoms with E-state index >= 15 is 0 Å². The summed E-state index contributed by atoms with van der Waals surface area (Å²) < 4.78 is 0. The van der Waals surface area contributed by atoms with Gasteiger partial charge in [-0.15, -0.1) is 6.58 Å². The van der Waals surface area contributed by atoms with Crippen LogP contribution in [0, 0.1) is 17.8 Å². The molecule has 0 spiro atoms. The molecule has 0 heterocycles. The average Bonchev–Trinajstić information content (AvgIpc) is 3.05. The quantitative estimate of drug-likeness (QED) is 0.192. The van der Waals surface area contributed by atoms with Crippen LogP contribution in [0.15, 0.2) is 12.7 Å². The van der Waals surface area contributed by atoms with Gasteiger partial charge in [-0.3, -0.25) is 0 Å². The van der Waals surface area contributed by atoms with Gasteiger partial charge in [-0.1, -0.05) is 359 Å². The molecule has 0 aliphatic heterocycles. The van der Waals surface area contributed by atoms with Crippen LogP contribution in [0.3, 0.4) is 0 Å². The zero-order chi connectivity index (χ0) is 36.0. The van der Waals surface area contributed by atoms with Crippen molar-refractivity contribution in [3.63, 3.8) is 0 Å². The van der Waals surface area contributed by atoms with Crippen molar-refractivity contribution in [2.24, 2.45) is 17.8 Å². The lowest BCUT2D eigenvalue weighted by atomic mass is 9.92. The lowest BCUT2D eigenvalue weighted by Crippen LogP contribution is -2.04. The molecule has 2 atom stereocenters. The van der Waals surface area contributed by atoms with E-state index in [9.17, 15) is 0 Å². The average molecular weight is 848 g/mol. The molecule has 0 nitrogen and oxygen atoms in total. The maximum Gasteiger partial charge on any atom is -0.0420 e. The Labute approximate surface area is 389 Å². The fourth-order valence-electron chi connectivity index (χ4n) is 0.805. The first kappa shape index (κ1) is 175. The predicted octanol–water partition coefficient (Wildman–Crippen LogP) is 27.7.